The molecule has 0 amide bonds. The lowest BCUT2D eigenvalue weighted by molar-refractivity contribution is 0.585. The Hall–Kier alpha value is -1.72. The highest BCUT2D eigenvalue weighted by atomic mass is 32.2. The third-order valence-electron chi connectivity index (χ3n) is 3.00. The summed E-state index contributed by atoms with van der Waals surface area (Å²) >= 11 is 0. The number of sulfonamides is 1. The second-order valence-corrected chi connectivity index (χ2v) is 5.83. The second kappa shape index (κ2) is 3.90. The number of fused-ring (bicyclic) bond motifs is 1. The van der Waals surface area contributed by atoms with Crippen molar-refractivity contribution in [2.75, 3.05) is 0 Å². The Balaban J connectivity index is 2.14. The van der Waals surface area contributed by atoms with Crippen molar-refractivity contribution < 1.29 is 12.8 Å². The van der Waals surface area contributed by atoms with Gasteiger partial charge in [0.15, 0.2) is 0 Å². The summed E-state index contributed by atoms with van der Waals surface area (Å²) in [6.07, 6.45) is 0. The lowest BCUT2D eigenvalue weighted by Gasteiger charge is -2.10. The molecular weight excluding hydrogens is 253 g/mol. The Morgan fingerprint density at radius 1 is 1.00 bits per heavy atom. The molecule has 0 bridgehead atoms. The highest BCUT2D eigenvalue weighted by molar-refractivity contribution is 7.89. The molecule has 1 unspecified atom stereocenters. The number of halogens is 1. The van der Waals surface area contributed by atoms with Crippen molar-refractivity contribution in [1.82, 2.24) is 4.72 Å². The molecule has 0 radical (unpaired) electrons. The maximum Gasteiger partial charge on any atom is 0.241 e. The molecule has 92 valence electrons. The second-order valence-electron chi connectivity index (χ2n) is 4.14. The molecule has 5 heteroatoms. The van der Waals surface area contributed by atoms with E-state index in [0.29, 0.717) is 10.5 Å². The van der Waals surface area contributed by atoms with Crippen LogP contribution in [0.3, 0.4) is 0 Å². The van der Waals surface area contributed by atoms with Gasteiger partial charge in [-0.3, -0.25) is 0 Å². The third-order valence-corrected chi connectivity index (χ3v) is 4.49. The smallest absolute Gasteiger partial charge is 0.207 e. The van der Waals surface area contributed by atoms with Crippen LogP contribution in [0.5, 0.6) is 0 Å². The molecule has 1 N–H and O–H groups in total. The van der Waals surface area contributed by atoms with Crippen LogP contribution in [-0.2, 0) is 10.0 Å². The lowest BCUT2D eigenvalue weighted by atomic mass is 10.00. The molecule has 1 aliphatic rings. The van der Waals surface area contributed by atoms with Crippen LogP contribution < -0.4 is 4.72 Å². The Bertz CT molecular complexity index is 695. The van der Waals surface area contributed by atoms with Crippen molar-refractivity contribution in [2.45, 2.75) is 10.9 Å². The van der Waals surface area contributed by atoms with Crippen molar-refractivity contribution >= 4 is 10.0 Å². The van der Waals surface area contributed by atoms with Gasteiger partial charge in [-0.2, -0.15) is 4.72 Å². The molecule has 3 rings (SSSR count). The number of hydrogen-bond acceptors (Lipinski definition) is 2. The van der Waals surface area contributed by atoms with Crippen molar-refractivity contribution in [2.24, 2.45) is 0 Å². The van der Waals surface area contributed by atoms with Crippen LogP contribution in [0, 0.1) is 5.82 Å². The van der Waals surface area contributed by atoms with E-state index in [2.05, 4.69) is 4.72 Å². The number of benzene rings is 2. The maximum atomic E-state index is 12.9. The summed E-state index contributed by atoms with van der Waals surface area (Å²) in [4.78, 5) is 0.291. The quantitative estimate of drug-likeness (QED) is 0.857. The van der Waals surface area contributed by atoms with E-state index < -0.39 is 16.1 Å². The molecule has 1 atom stereocenters. The van der Waals surface area contributed by atoms with Gasteiger partial charge >= 0.3 is 0 Å². The molecule has 3 nitrogen and oxygen atoms in total. The fourth-order valence-corrected chi connectivity index (χ4v) is 3.60. The number of nitrogens with one attached hydrogen (secondary N) is 1. The highest BCUT2D eigenvalue weighted by Gasteiger charge is 2.34. The first-order valence-corrected chi connectivity index (χ1v) is 6.93. The molecule has 0 aromatic heterocycles. The van der Waals surface area contributed by atoms with Crippen LogP contribution >= 0.6 is 0 Å². The predicted octanol–water partition coefficient (Wildman–Crippen LogP) is 2.21. The van der Waals surface area contributed by atoms with E-state index in [1.54, 1.807) is 36.4 Å². The zero-order valence-corrected chi connectivity index (χ0v) is 10.1. The minimum atomic E-state index is -3.46. The van der Waals surface area contributed by atoms with Crippen molar-refractivity contribution in [3.63, 3.8) is 0 Å². The fraction of sp³-hybridized carbons (Fsp3) is 0.0769. The third kappa shape index (κ3) is 1.72. The van der Waals surface area contributed by atoms with Gasteiger partial charge < -0.3 is 0 Å². The number of rotatable bonds is 1. The predicted molar refractivity (Wildman–Crippen MR) is 65.0 cm³/mol. The van der Waals surface area contributed by atoms with Gasteiger partial charge in [0.05, 0.1) is 10.9 Å². The monoisotopic (exact) mass is 263 g/mol. The Kier molecular flexibility index (Phi) is 2.46. The van der Waals surface area contributed by atoms with Crippen LogP contribution in [0.4, 0.5) is 4.39 Å². The average molecular weight is 263 g/mol. The molecule has 0 saturated heterocycles. The molecule has 0 aliphatic carbocycles. The van der Waals surface area contributed by atoms with Crippen LogP contribution in [0.1, 0.15) is 17.2 Å². The molecule has 0 saturated carbocycles. The highest BCUT2D eigenvalue weighted by Crippen LogP contribution is 2.34. The molecule has 0 fully saturated rings. The van der Waals surface area contributed by atoms with E-state index in [-0.39, 0.29) is 5.82 Å². The SMILES string of the molecule is O=S1(=O)NC(c2ccc(F)cc2)c2ccccc21. The van der Waals surface area contributed by atoms with Gasteiger partial charge in [0.25, 0.3) is 0 Å². The van der Waals surface area contributed by atoms with E-state index in [9.17, 15) is 12.8 Å². The topological polar surface area (TPSA) is 46.2 Å². The molecule has 0 spiro atoms. The minimum Gasteiger partial charge on any atom is -0.207 e. The van der Waals surface area contributed by atoms with Crippen molar-refractivity contribution in [3.05, 3.63) is 65.5 Å². The molecule has 1 aliphatic heterocycles. The normalized spacial score (nSPS) is 20.6. The zero-order valence-electron chi connectivity index (χ0n) is 9.30. The summed E-state index contributed by atoms with van der Waals surface area (Å²) in [5.41, 5.74) is 1.43. The van der Waals surface area contributed by atoms with E-state index in [1.807, 2.05) is 0 Å². The Labute approximate surface area is 104 Å². The molecular formula is C13H10FNO2S. The van der Waals surface area contributed by atoms with Crippen LogP contribution in [0.25, 0.3) is 0 Å². The Morgan fingerprint density at radius 3 is 2.39 bits per heavy atom. The van der Waals surface area contributed by atoms with E-state index >= 15 is 0 Å². The minimum absolute atomic E-state index is 0.291. The van der Waals surface area contributed by atoms with Gasteiger partial charge in [0.1, 0.15) is 5.82 Å². The van der Waals surface area contributed by atoms with E-state index in [1.165, 1.54) is 12.1 Å². The molecule has 1 heterocycles. The van der Waals surface area contributed by atoms with E-state index in [4.69, 9.17) is 0 Å². The first-order chi connectivity index (χ1) is 8.58. The van der Waals surface area contributed by atoms with Gasteiger partial charge in [-0.1, -0.05) is 30.3 Å². The number of hydrogen-bond donors (Lipinski definition) is 1. The molecule has 18 heavy (non-hydrogen) atoms. The summed E-state index contributed by atoms with van der Waals surface area (Å²) in [6.45, 7) is 0. The summed E-state index contributed by atoms with van der Waals surface area (Å²) in [7, 11) is -3.46. The van der Waals surface area contributed by atoms with Crippen LogP contribution in [-0.4, -0.2) is 8.42 Å². The Morgan fingerprint density at radius 2 is 1.67 bits per heavy atom. The van der Waals surface area contributed by atoms with Gasteiger partial charge in [0, 0.05) is 0 Å². The molecule has 2 aromatic carbocycles. The standard InChI is InChI=1S/C13H10FNO2S/c14-10-7-5-9(6-8-10)13-11-3-1-2-4-12(11)18(16,17)15-13/h1-8,13,15H. The largest absolute Gasteiger partial charge is 0.241 e. The molecule has 2 aromatic rings. The van der Waals surface area contributed by atoms with Gasteiger partial charge in [-0.05, 0) is 29.3 Å². The van der Waals surface area contributed by atoms with Gasteiger partial charge in [0.2, 0.25) is 10.0 Å². The summed E-state index contributed by atoms with van der Waals surface area (Å²) < 4.78 is 39.3. The summed E-state index contributed by atoms with van der Waals surface area (Å²) in [5, 5.41) is 0. The first kappa shape index (κ1) is 11.4. The first-order valence-electron chi connectivity index (χ1n) is 5.45. The summed E-state index contributed by atoms with van der Waals surface area (Å²) in [6, 6.07) is 12.2. The van der Waals surface area contributed by atoms with E-state index in [0.717, 1.165) is 5.56 Å². The van der Waals surface area contributed by atoms with Crippen molar-refractivity contribution in [1.29, 1.82) is 0 Å². The van der Waals surface area contributed by atoms with Crippen LogP contribution in [0.15, 0.2) is 53.4 Å². The zero-order chi connectivity index (χ0) is 12.8. The fourth-order valence-electron chi connectivity index (χ4n) is 2.15. The van der Waals surface area contributed by atoms with Crippen molar-refractivity contribution in [3.8, 4) is 0 Å². The van der Waals surface area contributed by atoms with Gasteiger partial charge in [-0.15, -0.1) is 0 Å². The maximum absolute atomic E-state index is 12.9. The van der Waals surface area contributed by atoms with Gasteiger partial charge in [-0.25, -0.2) is 12.8 Å². The lowest BCUT2D eigenvalue weighted by Crippen LogP contribution is -2.20. The van der Waals surface area contributed by atoms with Crippen LogP contribution in [0.2, 0.25) is 0 Å². The average Bonchev–Trinajstić information content (AvgIpc) is 2.63. The summed E-state index contributed by atoms with van der Waals surface area (Å²) in [5.74, 6) is -0.340.